The van der Waals surface area contributed by atoms with Crippen LogP contribution in [0.5, 0.6) is 0 Å². The number of aliphatic hydroxyl groups excluding tert-OH is 1. The summed E-state index contributed by atoms with van der Waals surface area (Å²) in [6, 6.07) is 0. The molecule has 0 aromatic carbocycles. The van der Waals surface area contributed by atoms with Gasteiger partial charge in [0.05, 0.1) is 19.3 Å². The Kier molecular flexibility index (Phi) is 9.57. The van der Waals surface area contributed by atoms with Gasteiger partial charge in [0.2, 0.25) is 0 Å². The molecule has 0 fully saturated rings. The normalized spacial score (nSPS) is 17.6. The maximum atomic E-state index is 9.22. The molecule has 0 aliphatic carbocycles. The number of rotatable bonds is 10. The molecule has 0 rings (SSSR count). The minimum absolute atomic E-state index is 0.104. The van der Waals surface area contributed by atoms with E-state index in [4.69, 9.17) is 24.5 Å². The Bertz CT molecular complexity index is 256. The van der Waals surface area contributed by atoms with Gasteiger partial charge >= 0.3 is 0 Å². The van der Waals surface area contributed by atoms with E-state index in [1.165, 1.54) is 28.4 Å². The fourth-order valence-corrected chi connectivity index (χ4v) is 1.74. The van der Waals surface area contributed by atoms with Gasteiger partial charge in [-0.1, -0.05) is 5.11 Å². The number of hydrogen-bond donors (Lipinski definition) is 1. The van der Waals surface area contributed by atoms with Crippen LogP contribution in [0.2, 0.25) is 0 Å². The second-order valence-electron chi connectivity index (χ2n) is 3.54. The van der Waals surface area contributed by atoms with Crippen LogP contribution in [0.15, 0.2) is 5.11 Å². The summed E-state index contributed by atoms with van der Waals surface area (Å²) in [5.74, 6) is 0. The third-order valence-electron chi connectivity index (χ3n) is 2.71. The molecule has 0 bridgehead atoms. The monoisotopic (exact) mass is 263 g/mol. The molecule has 4 atom stereocenters. The minimum atomic E-state index is -0.552. The van der Waals surface area contributed by atoms with Gasteiger partial charge in [-0.2, -0.15) is 0 Å². The minimum Gasteiger partial charge on any atom is -0.394 e. The molecule has 0 aromatic rings. The molecule has 0 unspecified atom stereocenters. The lowest BCUT2D eigenvalue weighted by atomic mass is 10.0. The molecular formula is C10H21N3O5. The van der Waals surface area contributed by atoms with Crippen LogP contribution in [-0.2, 0) is 18.9 Å². The molecule has 0 saturated heterocycles. The van der Waals surface area contributed by atoms with Crippen molar-refractivity contribution in [2.45, 2.75) is 24.4 Å². The third kappa shape index (κ3) is 4.77. The molecule has 0 aliphatic heterocycles. The maximum absolute atomic E-state index is 9.22. The molecule has 0 saturated carbocycles. The predicted molar refractivity (Wildman–Crippen MR) is 64.3 cm³/mol. The van der Waals surface area contributed by atoms with Crippen LogP contribution < -0.4 is 0 Å². The van der Waals surface area contributed by atoms with Crippen molar-refractivity contribution >= 4 is 0 Å². The Morgan fingerprint density at radius 3 is 1.83 bits per heavy atom. The van der Waals surface area contributed by atoms with E-state index < -0.39 is 24.4 Å². The molecule has 1 N–H and O–H groups in total. The maximum Gasteiger partial charge on any atom is 0.114 e. The summed E-state index contributed by atoms with van der Waals surface area (Å²) in [6.45, 7) is -0.111. The molecule has 0 aromatic heterocycles. The Balaban J connectivity index is 4.90. The first-order valence-electron chi connectivity index (χ1n) is 5.42. The first kappa shape index (κ1) is 17.1. The Morgan fingerprint density at radius 1 is 1.00 bits per heavy atom. The van der Waals surface area contributed by atoms with Gasteiger partial charge in [0, 0.05) is 33.4 Å². The zero-order chi connectivity index (χ0) is 14.0. The van der Waals surface area contributed by atoms with E-state index >= 15 is 0 Å². The smallest absolute Gasteiger partial charge is 0.114 e. The summed E-state index contributed by atoms with van der Waals surface area (Å²) in [4.78, 5) is 2.68. The van der Waals surface area contributed by atoms with Crippen molar-refractivity contribution in [2.75, 3.05) is 41.6 Å². The highest BCUT2D eigenvalue weighted by Gasteiger charge is 2.35. The van der Waals surface area contributed by atoms with Crippen molar-refractivity contribution < 1.29 is 24.1 Å². The summed E-state index contributed by atoms with van der Waals surface area (Å²) < 4.78 is 20.9. The molecule has 8 nitrogen and oxygen atoms in total. The number of hydrogen-bond acceptors (Lipinski definition) is 6. The second kappa shape index (κ2) is 10.1. The average Bonchev–Trinajstić information content (AvgIpc) is 2.41. The summed E-state index contributed by atoms with van der Waals surface area (Å²) >= 11 is 0. The van der Waals surface area contributed by atoms with E-state index in [0.717, 1.165) is 0 Å². The molecular weight excluding hydrogens is 242 g/mol. The van der Waals surface area contributed by atoms with Crippen LogP contribution in [0.25, 0.3) is 10.4 Å². The van der Waals surface area contributed by atoms with Crippen LogP contribution >= 0.6 is 0 Å². The van der Waals surface area contributed by atoms with Crippen LogP contribution in [0.4, 0.5) is 0 Å². The molecule has 0 amide bonds. The van der Waals surface area contributed by atoms with Crippen LogP contribution in [0.1, 0.15) is 0 Å². The zero-order valence-electron chi connectivity index (χ0n) is 11.1. The van der Waals surface area contributed by atoms with Gasteiger partial charge in [0.25, 0.3) is 0 Å². The summed E-state index contributed by atoms with van der Waals surface area (Å²) in [5, 5.41) is 12.7. The average molecular weight is 263 g/mol. The Labute approximate surface area is 106 Å². The van der Waals surface area contributed by atoms with Crippen LogP contribution in [0, 0.1) is 0 Å². The lowest BCUT2D eigenvalue weighted by Gasteiger charge is -2.33. The second-order valence-corrected chi connectivity index (χ2v) is 3.54. The highest BCUT2D eigenvalue weighted by Crippen LogP contribution is 2.16. The highest BCUT2D eigenvalue weighted by molar-refractivity contribution is 4.86. The number of azide groups is 1. The number of ether oxygens (including phenoxy) is 4. The zero-order valence-corrected chi connectivity index (χ0v) is 11.1. The van der Waals surface area contributed by atoms with Crippen LogP contribution in [-0.4, -0.2) is 71.1 Å². The fraction of sp³-hybridized carbons (Fsp3) is 1.00. The lowest BCUT2D eigenvalue weighted by molar-refractivity contribution is -0.154. The van der Waals surface area contributed by atoms with Crippen molar-refractivity contribution in [1.29, 1.82) is 0 Å². The number of aliphatic hydroxyl groups is 1. The van der Waals surface area contributed by atoms with Gasteiger partial charge in [-0.15, -0.1) is 0 Å². The molecule has 18 heavy (non-hydrogen) atoms. The SMILES string of the molecule is CO[C@@H]([C@H](OC)[C@@H](CO)OC)[C@H](CN=[N+]=[N-])OC. The van der Waals surface area contributed by atoms with Gasteiger partial charge in [0.15, 0.2) is 0 Å². The standard InChI is InChI=1S/C10H21N3O5/c1-15-7(5-12-13-11)9(17-3)10(18-4)8(6-14)16-2/h7-10,14H,5-6H2,1-4H3/t7-,8+,9+,10+/m0/s1. The van der Waals surface area contributed by atoms with E-state index in [-0.39, 0.29) is 13.2 Å². The molecule has 8 heteroatoms. The van der Waals surface area contributed by atoms with E-state index in [0.29, 0.717) is 0 Å². The van der Waals surface area contributed by atoms with Crippen LogP contribution in [0.3, 0.4) is 0 Å². The Hall–Kier alpha value is -0.890. The lowest BCUT2D eigenvalue weighted by Crippen LogP contribution is -2.50. The largest absolute Gasteiger partial charge is 0.394 e. The molecule has 0 radical (unpaired) electrons. The van der Waals surface area contributed by atoms with E-state index in [1.807, 2.05) is 0 Å². The van der Waals surface area contributed by atoms with E-state index in [9.17, 15) is 5.11 Å². The molecule has 0 spiro atoms. The van der Waals surface area contributed by atoms with E-state index in [1.54, 1.807) is 0 Å². The third-order valence-corrected chi connectivity index (χ3v) is 2.71. The molecule has 0 heterocycles. The van der Waals surface area contributed by atoms with Crippen molar-refractivity contribution in [3.63, 3.8) is 0 Å². The van der Waals surface area contributed by atoms with Gasteiger partial charge in [0.1, 0.15) is 18.3 Å². The summed E-state index contributed by atoms with van der Waals surface area (Å²) in [6.07, 6.45) is -2.10. The quantitative estimate of drug-likeness (QED) is 0.348. The van der Waals surface area contributed by atoms with Crippen molar-refractivity contribution in [3.8, 4) is 0 Å². The van der Waals surface area contributed by atoms with Gasteiger partial charge in [-0.25, -0.2) is 0 Å². The Morgan fingerprint density at radius 2 is 1.50 bits per heavy atom. The van der Waals surface area contributed by atoms with Crippen molar-refractivity contribution in [1.82, 2.24) is 0 Å². The first-order chi connectivity index (χ1) is 8.69. The number of methoxy groups -OCH3 is 4. The summed E-state index contributed by atoms with van der Waals surface area (Å²) in [5.41, 5.74) is 8.33. The van der Waals surface area contributed by atoms with Gasteiger partial charge in [-0.3, -0.25) is 0 Å². The summed E-state index contributed by atoms with van der Waals surface area (Å²) in [7, 11) is 5.92. The molecule has 0 aliphatic rings. The fourth-order valence-electron chi connectivity index (χ4n) is 1.74. The van der Waals surface area contributed by atoms with Crippen molar-refractivity contribution in [3.05, 3.63) is 10.4 Å². The van der Waals surface area contributed by atoms with Gasteiger partial charge < -0.3 is 24.1 Å². The first-order valence-corrected chi connectivity index (χ1v) is 5.42. The molecule has 106 valence electrons. The highest BCUT2D eigenvalue weighted by atomic mass is 16.6. The van der Waals surface area contributed by atoms with Crippen molar-refractivity contribution in [2.24, 2.45) is 5.11 Å². The van der Waals surface area contributed by atoms with E-state index in [2.05, 4.69) is 10.0 Å². The van der Waals surface area contributed by atoms with Gasteiger partial charge in [-0.05, 0) is 5.53 Å². The topological polar surface area (TPSA) is 106 Å². The predicted octanol–water partition coefficient (Wildman–Crippen LogP) is 0.349. The number of nitrogens with zero attached hydrogens (tertiary/aromatic N) is 3.